The predicted octanol–water partition coefficient (Wildman–Crippen LogP) is 3.07. The van der Waals surface area contributed by atoms with E-state index in [4.69, 9.17) is 14.2 Å². The number of methoxy groups -OCH3 is 2. The Morgan fingerprint density at radius 2 is 1.61 bits per heavy atom. The molecule has 0 saturated carbocycles. The Morgan fingerprint density at radius 3 is 2.34 bits per heavy atom. The summed E-state index contributed by atoms with van der Waals surface area (Å²) in [4.78, 5) is 70.3. The van der Waals surface area contributed by atoms with E-state index in [-0.39, 0.29) is 42.2 Å². The van der Waals surface area contributed by atoms with Crippen molar-refractivity contribution in [3.63, 3.8) is 0 Å². The largest absolute Gasteiger partial charge is 0.496 e. The molecular formula is C40H40N8O8. The Bertz CT molecular complexity index is 2430. The van der Waals surface area contributed by atoms with Crippen molar-refractivity contribution in [3.8, 4) is 28.4 Å². The van der Waals surface area contributed by atoms with Crippen molar-refractivity contribution >= 4 is 34.4 Å². The first-order valence-corrected chi connectivity index (χ1v) is 18.4. The summed E-state index contributed by atoms with van der Waals surface area (Å²) in [5, 5.41) is 12.3. The number of piperidine rings is 2. The van der Waals surface area contributed by atoms with Gasteiger partial charge in [0.2, 0.25) is 11.8 Å². The third kappa shape index (κ3) is 6.76. The summed E-state index contributed by atoms with van der Waals surface area (Å²) in [7, 11) is 5.03. The maximum absolute atomic E-state index is 13.2. The van der Waals surface area contributed by atoms with Crippen molar-refractivity contribution in [2.75, 3.05) is 33.9 Å². The Morgan fingerprint density at radius 1 is 0.857 bits per heavy atom. The number of imide groups is 2. The molecule has 0 bridgehead atoms. The first kappa shape index (κ1) is 36.6. The van der Waals surface area contributed by atoms with Crippen LogP contribution in [0.5, 0.6) is 17.2 Å². The molecule has 288 valence electrons. The Hall–Kier alpha value is -6.42. The van der Waals surface area contributed by atoms with Gasteiger partial charge in [0.1, 0.15) is 23.3 Å². The molecule has 4 amide bonds. The van der Waals surface area contributed by atoms with Crippen LogP contribution in [-0.2, 0) is 29.6 Å². The molecule has 1 N–H and O–H groups in total. The number of aromatic nitrogens is 5. The van der Waals surface area contributed by atoms with Gasteiger partial charge < -0.3 is 18.8 Å². The standard InChI is InChI=1S/C40H40N8O8/c1-45-21-31(27-8-12-41-19-30(27)38(45)51)23-16-34(54-2)32(35(17-23)55-3)22-46-13-9-25(10-14-46)47-20-24(43-44-47)11-15-56-26-4-5-28-29(18-26)40(53)48(39(28)52)33-6-7-36(49)42-37(33)50/h4-5,8,12,16-21,25,33H,6-7,9-11,13-15,22H2,1-3H3,(H,42,49,50). The number of carbonyl (C=O) groups is 4. The third-order valence-corrected chi connectivity index (χ3v) is 10.8. The Labute approximate surface area is 320 Å². The van der Waals surface area contributed by atoms with Gasteiger partial charge in [-0.3, -0.25) is 44.1 Å². The lowest BCUT2D eigenvalue weighted by atomic mass is 9.98. The Balaban J connectivity index is 0.869. The van der Waals surface area contributed by atoms with Crippen molar-refractivity contribution in [1.82, 2.24) is 39.7 Å². The van der Waals surface area contributed by atoms with Crippen LogP contribution in [-0.4, -0.2) is 97.9 Å². The first-order valence-electron chi connectivity index (χ1n) is 18.4. The molecule has 2 saturated heterocycles. The number of rotatable bonds is 11. The number of carbonyl (C=O) groups excluding carboxylic acids is 4. The summed E-state index contributed by atoms with van der Waals surface area (Å²) in [6, 6.07) is 9.65. The van der Waals surface area contributed by atoms with Crippen LogP contribution in [0.2, 0.25) is 0 Å². The van der Waals surface area contributed by atoms with Gasteiger partial charge >= 0.3 is 0 Å². The van der Waals surface area contributed by atoms with Crippen molar-refractivity contribution in [2.24, 2.45) is 7.05 Å². The lowest BCUT2D eigenvalue weighted by Gasteiger charge is -2.32. The second-order valence-corrected chi connectivity index (χ2v) is 14.2. The van der Waals surface area contributed by atoms with Crippen molar-refractivity contribution in [3.05, 3.63) is 93.9 Å². The second-order valence-electron chi connectivity index (χ2n) is 14.2. The molecule has 2 fully saturated rings. The van der Waals surface area contributed by atoms with Gasteiger partial charge in [0.05, 0.1) is 54.6 Å². The third-order valence-electron chi connectivity index (χ3n) is 10.8. The van der Waals surface area contributed by atoms with Gasteiger partial charge in [0, 0.05) is 69.9 Å². The van der Waals surface area contributed by atoms with Gasteiger partial charge in [-0.05, 0) is 66.6 Å². The summed E-state index contributed by atoms with van der Waals surface area (Å²) in [6.07, 6.45) is 9.42. The number of benzene rings is 2. The number of likely N-dealkylation sites (tertiary alicyclic amines) is 1. The number of nitrogens with zero attached hydrogens (tertiary/aromatic N) is 7. The van der Waals surface area contributed by atoms with E-state index in [1.165, 1.54) is 12.1 Å². The van der Waals surface area contributed by atoms with E-state index in [1.807, 2.05) is 35.3 Å². The topological polar surface area (TPSA) is 180 Å². The minimum Gasteiger partial charge on any atom is -0.496 e. The summed E-state index contributed by atoms with van der Waals surface area (Å²) < 4.78 is 21.2. The van der Waals surface area contributed by atoms with Crippen LogP contribution in [0.1, 0.15) is 63.7 Å². The average Bonchev–Trinajstić information content (AvgIpc) is 3.78. The highest BCUT2D eigenvalue weighted by Crippen LogP contribution is 2.38. The van der Waals surface area contributed by atoms with Crippen LogP contribution >= 0.6 is 0 Å². The highest BCUT2D eigenvalue weighted by Gasteiger charge is 2.44. The van der Waals surface area contributed by atoms with E-state index < -0.39 is 29.7 Å². The van der Waals surface area contributed by atoms with Crippen molar-refractivity contribution in [1.29, 1.82) is 0 Å². The fraction of sp³-hybridized carbons (Fsp3) is 0.350. The molecule has 1 unspecified atom stereocenters. The highest BCUT2D eigenvalue weighted by atomic mass is 16.5. The smallest absolute Gasteiger partial charge is 0.262 e. The van der Waals surface area contributed by atoms with Gasteiger partial charge in [-0.25, -0.2) is 4.68 Å². The molecular weight excluding hydrogens is 720 g/mol. The van der Waals surface area contributed by atoms with Gasteiger partial charge in [0.15, 0.2) is 0 Å². The predicted molar refractivity (Wildman–Crippen MR) is 201 cm³/mol. The van der Waals surface area contributed by atoms with Crippen LogP contribution in [0.15, 0.2) is 66.0 Å². The van der Waals surface area contributed by atoms with Crippen molar-refractivity contribution in [2.45, 2.75) is 50.7 Å². The van der Waals surface area contributed by atoms with E-state index in [9.17, 15) is 24.0 Å². The van der Waals surface area contributed by atoms with E-state index in [2.05, 4.69) is 25.5 Å². The molecule has 3 aromatic heterocycles. The Kier molecular flexibility index (Phi) is 9.80. The van der Waals surface area contributed by atoms with Crippen LogP contribution in [0.4, 0.5) is 0 Å². The molecule has 2 aromatic carbocycles. The second kappa shape index (κ2) is 15.0. The summed E-state index contributed by atoms with van der Waals surface area (Å²) >= 11 is 0. The maximum atomic E-state index is 13.2. The highest BCUT2D eigenvalue weighted by molar-refractivity contribution is 6.23. The van der Waals surface area contributed by atoms with Crippen LogP contribution in [0.3, 0.4) is 0 Å². The van der Waals surface area contributed by atoms with Gasteiger partial charge in [-0.15, -0.1) is 5.10 Å². The van der Waals surface area contributed by atoms with E-state index in [0.717, 1.165) is 58.6 Å². The lowest BCUT2D eigenvalue weighted by molar-refractivity contribution is -0.136. The zero-order chi connectivity index (χ0) is 39.1. The first-order chi connectivity index (χ1) is 27.1. The number of fused-ring (bicyclic) bond motifs is 2. The van der Waals surface area contributed by atoms with Crippen LogP contribution in [0, 0.1) is 0 Å². The molecule has 16 heteroatoms. The molecule has 5 aromatic rings. The minimum atomic E-state index is -1.02. The van der Waals surface area contributed by atoms with Crippen LogP contribution < -0.4 is 25.1 Å². The average molecular weight is 761 g/mol. The SMILES string of the molecule is COc1cc(-c2cn(C)c(=O)c3cnccc23)cc(OC)c1CN1CCC(n2cc(CCOc3ccc4c(c3)C(=O)N(C3CCC(=O)NC3=O)C4=O)nn2)CC1. The molecule has 3 aliphatic heterocycles. The minimum absolute atomic E-state index is 0.0573. The molecule has 0 spiro atoms. The monoisotopic (exact) mass is 760 g/mol. The molecule has 6 heterocycles. The molecule has 8 rings (SSSR count). The normalized spacial score (nSPS) is 17.7. The number of hydrogen-bond donors (Lipinski definition) is 1. The summed E-state index contributed by atoms with van der Waals surface area (Å²) in [5.74, 6) is -0.398. The molecule has 0 radical (unpaired) electrons. The zero-order valence-corrected chi connectivity index (χ0v) is 31.2. The summed E-state index contributed by atoms with van der Waals surface area (Å²) in [6.45, 7) is 2.56. The molecule has 3 aliphatic rings. The summed E-state index contributed by atoms with van der Waals surface area (Å²) in [5.41, 5.74) is 3.71. The molecule has 56 heavy (non-hydrogen) atoms. The number of ether oxygens (including phenoxy) is 3. The van der Waals surface area contributed by atoms with Crippen molar-refractivity contribution < 1.29 is 33.4 Å². The molecule has 16 nitrogen and oxygen atoms in total. The van der Waals surface area contributed by atoms with Gasteiger partial charge in [-0.1, -0.05) is 5.21 Å². The fourth-order valence-corrected chi connectivity index (χ4v) is 7.82. The van der Waals surface area contributed by atoms with Crippen LogP contribution in [0.25, 0.3) is 21.9 Å². The van der Waals surface area contributed by atoms with Gasteiger partial charge in [-0.2, -0.15) is 0 Å². The number of amides is 4. The fourth-order valence-electron chi connectivity index (χ4n) is 7.82. The number of nitrogens with one attached hydrogen (secondary N) is 1. The molecule has 0 aliphatic carbocycles. The quantitative estimate of drug-likeness (QED) is 0.195. The number of pyridine rings is 2. The zero-order valence-electron chi connectivity index (χ0n) is 31.2. The number of aryl methyl sites for hydroxylation is 1. The van der Waals surface area contributed by atoms with E-state index >= 15 is 0 Å². The number of hydrogen-bond acceptors (Lipinski definition) is 12. The lowest BCUT2D eigenvalue weighted by Crippen LogP contribution is -2.54. The maximum Gasteiger partial charge on any atom is 0.262 e. The van der Waals surface area contributed by atoms with E-state index in [0.29, 0.717) is 35.6 Å². The molecule has 1 atom stereocenters. The van der Waals surface area contributed by atoms with Gasteiger partial charge in [0.25, 0.3) is 17.4 Å². The van der Waals surface area contributed by atoms with E-state index in [1.54, 1.807) is 44.3 Å².